The topological polar surface area (TPSA) is 56.2 Å². The van der Waals surface area contributed by atoms with Crippen molar-refractivity contribution in [2.45, 2.75) is 38.6 Å². The fourth-order valence-corrected chi connectivity index (χ4v) is 2.72. The Kier molecular flexibility index (Phi) is 3.09. The minimum Gasteiger partial charge on any atom is -0.481 e. The van der Waals surface area contributed by atoms with E-state index in [1.54, 1.807) is 11.8 Å². The normalized spacial score (nSPS) is 23.9. The molecule has 0 spiro atoms. The zero-order chi connectivity index (χ0) is 12.6. The van der Waals surface area contributed by atoms with Crippen LogP contribution >= 0.6 is 0 Å². The fraction of sp³-hybridized carbons (Fsp3) is 0.667. The molecule has 0 radical (unpaired) electrons. The van der Waals surface area contributed by atoms with Gasteiger partial charge in [0.2, 0.25) is 11.8 Å². The van der Waals surface area contributed by atoms with E-state index in [0.29, 0.717) is 6.42 Å². The summed E-state index contributed by atoms with van der Waals surface area (Å²) in [4.78, 5) is 11.5. The number of rotatable bonds is 3. The lowest BCUT2D eigenvalue weighted by atomic mass is 9.90. The molecule has 1 aliphatic heterocycles. The molecule has 17 heavy (non-hydrogen) atoms. The van der Waals surface area contributed by atoms with Crippen molar-refractivity contribution in [3.05, 3.63) is 11.3 Å². The molecule has 1 saturated heterocycles. The number of nitrogens with one attached hydrogen (secondary N) is 1. The molecule has 1 N–H and O–H groups in total. The molecule has 5 nitrogen and oxygen atoms in total. The zero-order valence-electron chi connectivity index (χ0n) is 10.8. The summed E-state index contributed by atoms with van der Waals surface area (Å²) in [7, 11) is 3.51. The van der Waals surface area contributed by atoms with E-state index < -0.39 is 0 Å². The van der Waals surface area contributed by atoms with Crippen LogP contribution in [0.4, 0.5) is 0 Å². The van der Waals surface area contributed by atoms with Gasteiger partial charge in [0.05, 0.1) is 12.8 Å². The van der Waals surface area contributed by atoms with Crippen LogP contribution in [0, 0.1) is 6.92 Å². The summed E-state index contributed by atoms with van der Waals surface area (Å²) in [6.07, 6.45) is 1.45. The summed E-state index contributed by atoms with van der Waals surface area (Å²) in [5.41, 5.74) is 2.02. The number of amides is 1. The highest BCUT2D eigenvalue weighted by Gasteiger charge is 2.36. The van der Waals surface area contributed by atoms with Gasteiger partial charge in [0, 0.05) is 31.0 Å². The largest absolute Gasteiger partial charge is 0.481 e. The maximum absolute atomic E-state index is 11.5. The van der Waals surface area contributed by atoms with Crippen molar-refractivity contribution in [3.8, 4) is 5.88 Å². The summed E-state index contributed by atoms with van der Waals surface area (Å²) in [6, 6.07) is 0.194. The van der Waals surface area contributed by atoms with E-state index >= 15 is 0 Å². The second kappa shape index (κ2) is 4.39. The van der Waals surface area contributed by atoms with Gasteiger partial charge in [-0.25, -0.2) is 4.68 Å². The van der Waals surface area contributed by atoms with Crippen LogP contribution in [-0.4, -0.2) is 28.8 Å². The summed E-state index contributed by atoms with van der Waals surface area (Å²) in [5.74, 6) is 1.06. The van der Waals surface area contributed by atoms with Crippen LogP contribution in [0.25, 0.3) is 0 Å². The first kappa shape index (κ1) is 12.0. The number of hydrogen-bond donors (Lipinski definition) is 1. The zero-order valence-corrected chi connectivity index (χ0v) is 10.8. The number of nitrogens with zero attached hydrogens (tertiary/aromatic N) is 2. The van der Waals surface area contributed by atoms with Crippen molar-refractivity contribution in [2.24, 2.45) is 7.05 Å². The van der Waals surface area contributed by atoms with Gasteiger partial charge in [0.25, 0.3) is 0 Å². The van der Waals surface area contributed by atoms with Gasteiger partial charge in [0.1, 0.15) is 0 Å². The van der Waals surface area contributed by atoms with Crippen LogP contribution in [-0.2, 0) is 11.8 Å². The van der Waals surface area contributed by atoms with Crippen molar-refractivity contribution in [1.82, 2.24) is 15.1 Å². The third kappa shape index (κ3) is 1.90. The summed E-state index contributed by atoms with van der Waals surface area (Å²) in [6.45, 7) is 4.05. The fourth-order valence-electron chi connectivity index (χ4n) is 2.72. The second-order valence-electron chi connectivity index (χ2n) is 4.52. The predicted molar refractivity (Wildman–Crippen MR) is 64.1 cm³/mol. The number of methoxy groups -OCH3 is 1. The highest BCUT2D eigenvalue weighted by molar-refractivity contribution is 5.80. The van der Waals surface area contributed by atoms with Crippen molar-refractivity contribution in [1.29, 1.82) is 0 Å². The third-order valence-corrected chi connectivity index (χ3v) is 3.46. The molecule has 0 aromatic carbocycles. The molecular formula is C12H19N3O2. The minimum atomic E-state index is 0.118. The van der Waals surface area contributed by atoms with Gasteiger partial charge in [-0.1, -0.05) is 6.92 Å². The number of aromatic nitrogens is 2. The summed E-state index contributed by atoms with van der Waals surface area (Å²) >= 11 is 0. The Balaban J connectivity index is 2.42. The molecule has 1 amide bonds. The Morgan fingerprint density at radius 1 is 1.59 bits per heavy atom. The molecule has 1 fully saturated rings. The van der Waals surface area contributed by atoms with Gasteiger partial charge < -0.3 is 10.1 Å². The standard InChI is InChI=1S/C12H19N3O2/c1-5-9-8(6-10(16)13-9)11-7(2)14-15(3)12(11)17-4/h8-9H,5-6H2,1-4H3,(H,13,16). The Hall–Kier alpha value is -1.52. The average Bonchev–Trinajstić information content (AvgIpc) is 2.78. The summed E-state index contributed by atoms with van der Waals surface area (Å²) < 4.78 is 7.14. The third-order valence-electron chi connectivity index (χ3n) is 3.46. The molecule has 1 aromatic heterocycles. The predicted octanol–water partition coefficient (Wildman–Crippen LogP) is 1.12. The van der Waals surface area contributed by atoms with Gasteiger partial charge in [-0.3, -0.25) is 4.79 Å². The van der Waals surface area contributed by atoms with E-state index in [1.165, 1.54) is 0 Å². The van der Waals surface area contributed by atoms with Crippen molar-refractivity contribution in [3.63, 3.8) is 0 Å². The maximum atomic E-state index is 11.5. The highest BCUT2D eigenvalue weighted by atomic mass is 16.5. The smallest absolute Gasteiger partial charge is 0.220 e. The Morgan fingerprint density at radius 3 is 2.88 bits per heavy atom. The molecule has 0 bridgehead atoms. The van der Waals surface area contributed by atoms with Gasteiger partial charge in [0.15, 0.2) is 0 Å². The van der Waals surface area contributed by atoms with Gasteiger partial charge in [-0.2, -0.15) is 5.10 Å². The van der Waals surface area contributed by atoms with Crippen molar-refractivity contribution < 1.29 is 9.53 Å². The number of hydrogen-bond acceptors (Lipinski definition) is 3. The number of carbonyl (C=O) groups excluding carboxylic acids is 1. The lowest BCUT2D eigenvalue weighted by Crippen LogP contribution is -2.27. The molecule has 2 atom stereocenters. The van der Waals surface area contributed by atoms with E-state index in [0.717, 1.165) is 23.6 Å². The van der Waals surface area contributed by atoms with Crippen LogP contribution < -0.4 is 10.1 Å². The average molecular weight is 237 g/mol. The first-order valence-electron chi connectivity index (χ1n) is 5.95. The molecule has 5 heteroatoms. The van der Waals surface area contributed by atoms with Crippen molar-refractivity contribution in [2.75, 3.05) is 7.11 Å². The number of carbonyl (C=O) groups is 1. The van der Waals surface area contributed by atoms with Crippen LogP contribution in [0.2, 0.25) is 0 Å². The Labute approximate surface area is 101 Å². The first-order chi connectivity index (χ1) is 8.08. The van der Waals surface area contributed by atoms with E-state index in [9.17, 15) is 4.79 Å². The van der Waals surface area contributed by atoms with Gasteiger partial charge >= 0.3 is 0 Å². The molecule has 94 valence electrons. The number of aryl methyl sites for hydroxylation is 2. The second-order valence-corrected chi connectivity index (χ2v) is 4.52. The Bertz CT molecular complexity index is 439. The highest BCUT2D eigenvalue weighted by Crippen LogP contribution is 2.37. The summed E-state index contributed by atoms with van der Waals surface area (Å²) in [5, 5.41) is 7.38. The monoisotopic (exact) mass is 237 g/mol. The Morgan fingerprint density at radius 2 is 2.29 bits per heavy atom. The molecule has 2 heterocycles. The lowest BCUT2D eigenvalue weighted by Gasteiger charge is -2.17. The molecule has 2 unspecified atom stereocenters. The quantitative estimate of drug-likeness (QED) is 0.857. The molecule has 0 aliphatic carbocycles. The van der Waals surface area contributed by atoms with Crippen LogP contribution in [0.3, 0.4) is 0 Å². The maximum Gasteiger partial charge on any atom is 0.220 e. The molecule has 1 aliphatic rings. The molecule has 1 aromatic rings. The minimum absolute atomic E-state index is 0.118. The number of ether oxygens (including phenoxy) is 1. The van der Waals surface area contributed by atoms with Gasteiger partial charge in [-0.15, -0.1) is 0 Å². The van der Waals surface area contributed by atoms with Crippen LogP contribution in [0.15, 0.2) is 0 Å². The first-order valence-corrected chi connectivity index (χ1v) is 5.95. The lowest BCUT2D eigenvalue weighted by molar-refractivity contribution is -0.119. The van der Waals surface area contributed by atoms with E-state index in [4.69, 9.17) is 4.74 Å². The van der Waals surface area contributed by atoms with E-state index in [2.05, 4.69) is 17.3 Å². The molecular weight excluding hydrogens is 218 g/mol. The van der Waals surface area contributed by atoms with Crippen molar-refractivity contribution >= 4 is 5.91 Å². The van der Waals surface area contributed by atoms with Crippen LogP contribution in [0.1, 0.15) is 36.9 Å². The van der Waals surface area contributed by atoms with E-state index in [1.807, 2.05) is 14.0 Å². The molecule has 2 rings (SSSR count). The van der Waals surface area contributed by atoms with Gasteiger partial charge in [-0.05, 0) is 13.3 Å². The van der Waals surface area contributed by atoms with E-state index in [-0.39, 0.29) is 17.9 Å². The van der Waals surface area contributed by atoms with Crippen LogP contribution in [0.5, 0.6) is 5.88 Å². The SMILES string of the molecule is CCC1NC(=O)CC1c1c(C)nn(C)c1OC. The molecule has 0 saturated carbocycles.